The molecule has 2 fully saturated rings. The van der Waals surface area contributed by atoms with Gasteiger partial charge in [-0.15, -0.1) is 0 Å². The molecule has 6 rings (SSSR count). The number of hydrogen-bond donors (Lipinski definition) is 0. The Morgan fingerprint density at radius 3 is 2.60 bits per heavy atom. The molecule has 2 aromatic heterocycles. The van der Waals surface area contributed by atoms with E-state index in [2.05, 4.69) is 21.9 Å². The fourth-order valence-electron chi connectivity index (χ4n) is 7.42. The summed E-state index contributed by atoms with van der Waals surface area (Å²) in [5.41, 5.74) is 3.09. The summed E-state index contributed by atoms with van der Waals surface area (Å²) in [7, 11) is 0. The Bertz CT molecular complexity index is 1620. The van der Waals surface area contributed by atoms with E-state index in [9.17, 15) is 22.8 Å². The van der Waals surface area contributed by atoms with E-state index in [1.807, 2.05) is 25.1 Å². The second kappa shape index (κ2) is 11.8. The Balaban J connectivity index is 1.13. The van der Waals surface area contributed by atoms with Gasteiger partial charge in [0.25, 0.3) is 0 Å². The Morgan fingerprint density at radius 1 is 1.05 bits per heavy atom. The van der Waals surface area contributed by atoms with Crippen LogP contribution in [0.25, 0.3) is 11.2 Å². The van der Waals surface area contributed by atoms with Crippen LogP contribution in [0.5, 0.6) is 0 Å². The third-order valence-electron chi connectivity index (χ3n) is 9.56. The smallest absolute Gasteiger partial charge is 0.299 e. The summed E-state index contributed by atoms with van der Waals surface area (Å²) in [5.74, 6) is 1.73. The van der Waals surface area contributed by atoms with Crippen molar-refractivity contribution in [2.75, 3.05) is 6.54 Å². The van der Waals surface area contributed by atoms with Crippen LogP contribution in [0.2, 0.25) is 0 Å². The van der Waals surface area contributed by atoms with Gasteiger partial charge in [0.1, 0.15) is 11.5 Å². The number of carbonyl (C=O) groups is 2. The molecule has 2 unspecified atom stereocenters. The van der Waals surface area contributed by atoms with Gasteiger partial charge in [-0.25, -0.2) is 4.98 Å². The Kier molecular flexibility index (Phi) is 8.09. The molecule has 0 amide bonds. The third kappa shape index (κ3) is 6.08. The summed E-state index contributed by atoms with van der Waals surface area (Å²) in [4.78, 5) is 39.1. The Morgan fingerprint density at radius 2 is 1.86 bits per heavy atom. The first-order valence-corrected chi connectivity index (χ1v) is 15.4. The summed E-state index contributed by atoms with van der Waals surface area (Å²) >= 11 is 0. The number of rotatable bonds is 8. The van der Waals surface area contributed by atoms with Gasteiger partial charge in [-0.1, -0.05) is 37.6 Å². The van der Waals surface area contributed by atoms with E-state index in [1.54, 1.807) is 16.8 Å². The van der Waals surface area contributed by atoms with Gasteiger partial charge in [0.2, 0.25) is 0 Å². The van der Waals surface area contributed by atoms with Crippen molar-refractivity contribution in [3.8, 4) is 0 Å². The van der Waals surface area contributed by atoms with Crippen molar-refractivity contribution in [3.05, 3.63) is 70.9 Å². The molecule has 226 valence electrons. The van der Waals surface area contributed by atoms with Crippen molar-refractivity contribution in [2.24, 2.45) is 28.7 Å². The molecule has 0 saturated heterocycles. The highest BCUT2D eigenvalue weighted by Crippen LogP contribution is 2.39. The second-order valence-electron chi connectivity index (χ2n) is 12.7. The number of allylic oxidation sites excluding steroid dienone is 1. The number of fused-ring (bicyclic) bond motifs is 1. The van der Waals surface area contributed by atoms with Crippen molar-refractivity contribution in [2.45, 2.75) is 77.8 Å². The number of alkyl halides is 3. The van der Waals surface area contributed by atoms with Crippen LogP contribution in [0.15, 0.2) is 47.9 Å². The van der Waals surface area contributed by atoms with Crippen LogP contribution >= 0.6 is 0 Å². The highest BCUT2D eigenvalue weighted by molar-refractivity contribution is 6.27. The van der Waals surface area contributed by atoms with Crippen LogP contribution in [0.4, 0.5) is 13.2 Å². The predicted octanol–water partition coefficient (Wildman–Crippen LogP) is 7.41. The summed E-state index contributed by atoms with van der Waals surface area (Å²) in [6.45, 7) is 4.14. The quantitative estimate of drug-likeness (QED) is 0.256. The molecule has 9 heteroatoms. The van der Waals surface area contributed by atoms with Gasteiger partial charge in [-0.3, -0.25) is 24.0 Å². The minimum absolute atomic E-state index is 0.0149. The lowest BCUT2D eigenvalue weighted by atomic mass is 9.74. The minimum Gasteiger partial charge on any atom is -0.299 e. The Labute approximate surface area is 249 Å². The number of ketones is 2. The molecule has 0 spiro atoms. The lowest BCUT2D eigenvalue weighted by Gasteiger charge is -2.29. The van der Waals surface area contributed by atoms with E-state index in [4.69, 9.17) is 0 Å². The average molecular weight is 591 g/mol. The van der Waals surface area contributed by atoms with E-state index in [-0.39, 0.29) is 35.7 Å². The standard InChI is InChI=1S/C34H37F3N4O2/c1-20-6-8-25(14-20)31(43)24-5-3-4-22(16-24)18-30(42)26-9-7-23(15-21(26)2)17-28-33-40-19-29(41(33)13-12-38-28)27-10-11-39-32(27)34(35,36)37/h7,9-10,12-13,15,19-20,22,24-25H,3-6,8,11,14,16-18H2,1-2H3/t20-,22?,24?,25-/m0/s1. The maximum Gasteiger partial charge on any atom is 0.433 e. The highest BCUT2D eigenvalue weighted by Gasteiger charge is 2.41. The van der Waals surface area contributed by atoms with Crippen LogP contribution in [-0.2, 0) is 11.2 Å². The topological polar surface area (TPSA) is 76.7 Å². The first-order chi connectivity index (χ1) is 20.6. The van der Waals surface area contributed by atoms with Gasteiger partial charge in [0.15, 0.2) is 11.4 Å². The zero-order chi connectivity index (χ0) is 30.3. The van der Waals surface area contributed by atoms with Crippen LogP contribution in [0.1, 0.15) is 91.2 Å². The monoisotopic (exact) mass is 590 g/mol. The molecule has 0 radical (unpaired) electrons. The number of aliphatic imine (C=N–C) groups is 1. The zero-order valence-electron chi connectivity index (χ0n) is 24.7. The van der Waals surface area contributed by atoms with Crippen molar-refractivity contribution < 1.29 is 22.8 Å². The summed E-state index contributed by atoms with van der Waals surface area (Å²) < 4.78 is 42.1. The number of carbonyl (C=O) groups excluding carboxylic acids is 2. The molecule has 43 heavy (non-hydrogen) atoms. The fourth-order valence-corrected chi connectivity index (χ4v) is 7.42. The van der Waals surface area contributed by atoms with Crippen molar-refractivity contribution >= 4 is 28.5 Å². The van der Waals surface area contributed by atoms with Gasteiger partial charge in [-0.2, -0.15) is 13.2 Å². The van der Waals surface area contributed by atoms with E-state index in [1.165, 1.54) is 12.3 Å². The summed E-state index contributed by atoms with van der Waals surface area (Å²) in [5, 5.41) is 0. The van der Waals surface area contributed by atoms with Gasteiger partial charge in [-0.05, 0) is 68.4 Å². The molecule has 3 heterocycles. The van der Waals surface area contributed by atoms with Gasteiger partial charge in [0, 0.05) is 48.2 Å². The van der Waals surface area contributed by atoms with Crippen molar-refractivity contribution in [1.82, 2.24) is 14.4 Å². The molecular formula is C34H37F3N4O2. The average Bonchev–Trinajstić information content (AvgIpc) is 3.72. The molecule has 1 aromatic carbocycles. The third-order valence-corrected chi connectivity index (χ3v) is 9.56. The number of aryl methyl sites for hydroxylation is 1. The van der Waals surface area contributed by atoms with Gasteiger partial charge < -0.3 is 0 Å². The van der Waals surface area contributed by atoms with E-state index < -0.39 is 11.9 Å². The number of Topliss-reactive ketones (excluding diaryl/α,β-unsaturated/α-hetero) is 2. The second-order valence-corrected chi connectivity index (χ2v) is 12.7. The molecule has 1 aliphatic heterocycles. The molecule has 6 nitrogen and oxygen atoms in total. The maximum atomic E-state index is 13.5. The normalized spacial score (nSPS) is 24.3. The lowest BCUT2D eigenvalue weighted by Crippen LogP contribution is -2.28. The molecule has 4 atom stereocenters. The van der Waals surface area contributed by atoms with Gasteiger partial charge in [0.05, 0.1) is 24.1 Å². The van der Waals surface area contributed by atoms with E-state index in [0.717, 1.165) is 56.1 Å². The first kappa shape index (κ1) is 29.5. The zero-order valence-corrected chi connectivity index (χ0v) is 24.7. The predicted molar refractivity (Wildman–Crippen MR) is 159 cm³/mol. The van der Waals surface area contributed by atoms with Crippen LogP contribution in [0.3, 0.4) is 0 Å². The number of halogens is 3. The largest absolute Gasteiger partial charge is 0.433 e. The van der Waals surface area contributed by atoms with Crippen molar-refractivity contribution in [1.29, 1.82) is 0 Å². The molecule has 3 aromatic rings. The summed E-state index contributed by atoms with van der Waals surface area (Å²) in [6.07, 6.45) is 9.36. The maximum absolute atomic E-state index is 13.5. The molecule has 0 bridgehead atoms. The number of nitrogens with zero attached hydrogens (tertiary/aromatic N) is 4. The van der Waals surface area contributed by atoms with E-state index >= 15 is 0 Å². The fraction of sp³-hybridized carbons (Fsp3) is 0.500. The number of benzene rings is 1. The summed E-state index contributed by atoms with van der Waals surface area (Å²) in [6, 6.07) is 5.76. The number of hydrogen-bond acceptors (Lipinski definition) is 5. The van der Waals surface area contributed by atoms with Gasteiger partial charge >= 0.3 is 6.18 Å². The van der Waals surface area contributed by atoms with Crippen LogP contribution in [0, 0.1) is 30.6 Å². The van der Waals surface area contributed by atoms with Crippen molar-refractivity contribution in [3.63, 3.8) is 0 Å². The van der Waals surface area contributed by atoms with Crippen LogP contribution in [-0.4, -0.2) is 44.4 Å². The number of aromatic nitrogens is 3. The van der Waals surface area contributed by atoms with Crippen LogP contribution < -0.4 is 0 Å². The first-order valence-electron chi connectivity index (χ1n) is 15.4. The lowest BCUT2D eigenvalue weighted by molar-refractivity contribution is -0.128. The molecule has 3 aliphatic rings. The SMILES string of the molecule is Cc1cc(Cc2nccn3c(C4=CCN=C4C(F)(F)F)cnc23)ccc1C(=O)CC1CCCC(C(=O)[C@H]2CC[C@H](C)C2)C1. The molecular weight excluding hydrogens is 553 g/mol. The number of imidazole rings is 1. The molecule has 0 N–H and O–H groups in total. The molecule has 2 aliphatic carbocycles. The highest BCUT2D eigenvalue weighted by atomic mass is 19.4. The Hall–Kier alpha value is -3.62. The molecule has 2 saturated carbocycles. The van der Waals surface area contributed by atoms with E-state index in [0.29, 0.717) is 47.1 Å². The minimum atomic E-state index is -4.54.